The highest BCUT2D eigenvalue weighted by Gasteiger charge is 2.47. The summed E-state index contributed by atoms with van der Waals surface area (Å²) in [7, 11) is 1.48. The van der Waals surface area contributed by atoms with Crippen LogP contribution in [0.3, 0.4) is 0 Å². The molecule has 2 fully saturated rings. The van der Waals surface area contributed by atoms with Crippen molar-refractivity contribution < 1.29 is 33.8 Å². The number of benzene rings is 2. The molecule has 1 amide bonds. The summed E-state index contributed by atoms with van der Waals surface area (Å²) in [4.78, 5) is 38.4. The van der Waals surface area contributed by atoms with Crippen LogP contribution in [0.25, 0.3) is 5.76 Å². The first-order valence-electron chi connectivity index (χ1n) is 11.3. The molecule has 1 N–H and O–H groups in total. The number of aliphatic hydroxyl groups is 1. The minimum Gasteiger partial charge on any atom is -0.507 e. The molecule has 2 aliphatic heterocycles. The van der Waals surface area contributed by atoms with Gasteiger partial charge in [0.05, 0.1) is 36.4 Å². The van der Waals surface area contributed by atoms with Crippen LogP contribution in [0, 0.1) is 10.1 Å². The summed E-state index contributed by atoms with van der Waals surface area (Å²) in [6, 6.07) is 9.40. The number of ketones is 1. The fourth-order valence-electron chi connectivity index (χ4n) is 4.47. The van der Waals surface area contributed by atoms with Gasteiger partial charge in [-0.1, -0.05) is 18.2 Å². The number of ether oxygens (including phenoxy) is 3. The van der Waals surface area contributed by atoms with Crippen molar-refractivity contribution in [3.05, 3.63) is 69.3 Å². The molecule has 0 aliphatic carbocycles. The van der Waals surface area contributed by atoms with Gasteiger partial charge in [0.1, 0.15) is 5.76 Å². The molecule has 2 unspecified atom stereocenters. The number of amides is 1. The molecule has 35 heavy (non-hydrogen) atoms. The first-order chi connectivity index (χ1) is 16.8. The Kier molecular flexibility index (Phi) is 7.02. The first-order valence-corrected chi connectivity index (χ1v) is 11.3. The highest BCUT2D eigenvalue weighted by molar-refractivity contribution is 6.46. The smallest absolute Gasteiger partial charge is 0.295 e. The molecular formula is C25H26N2O8. The standard InChI is InChI=1S/C25H26N2O8/c1-3-34-19-10-9-15(13-20(19)33-2)22-21(23(28)16-6-4-7-17(12-16)27(31)32)24(29)25(30)26(22)14-18-8-5-11-35-18/h4,6-7,9-10,12-13,18,22,28H,3,5,8,11,14H2,1-2H3/b23-21+. The monoisotopic (exact) mass is 482 g/mol. The minimum absolute atomic E-state index is 0.0669. The third kappa shape index (κ3) is 4.69. The highest BCUT2D eigenvalue weighted by Crippen LogP contribution is 2.42. The zero-order chi connectivity index (χ0) is 25.1. The lowest BCUT2D eigenvalue weighted by Gasteiger charge is -2.28. The van der Waals surface area contributed by atoms with Gasteiger partial charge < -0.3 is 24.2 Å². The third-order valence-electron chi connectivity index (χ3n) is 6.10. The van der Waals surface area contributed by atoms with Crippen molar-refractivity contribution in [1.29, 1.82) is 0 Å². The summed E-state index contributed by atoms with van der Waals surface area (Å²) in [6.07, 6.45) is 1.36. The van der Waals surface area contributed by atoms with E-state index in [-0.39, 0.29) is 29.5 Å². The lowest BCUT2D eigenvalue weighted by atomic mass is 9.94. The van der Waals surface area contributed by atoms with Crippen LogP contribution in [0.2, 0.25) is 0 Å². The van der Waals surface area contributed by atoms with Crippen molar-refractivity contribution in [2.24, 2.45) is 0 Å². The average molecular weight is 482 g/mol. The minimum atomic E-state index is -0.942. The Balaban J connectivity index is 1.86. The number of nitrogens with zero attached hydrogens (tertiary/aromatic N) is 2. The Morgan fingerprint density at radius 3 is 2.69 bits per heavy atom. The van der Waals surface area contributed by atoms with E-state index in [4.69, 9.17) is 14.2 Å². The van der Waals surface area contributed by atoms with Crippen molar-refractivity contribution in [3.63, 3.8) is 0 Å². The predicted molar refractivity (Wildman–Crippen MR) is 125 cm³/mol. The van der Waals surface area contributed by atoms with E-state index in [0.29, 0.717) is 30.3 Å². The number of carbonyl (C=O) groups is 2. The van der Waals surface area contributed by atoms with Crippen molar-refractivity contribution in [2.75, 3.05) is 26.9 Å². The molecule has 2 aromatic rings. The molecule has 10 heteroatoms. The van der Waals surface area contributed by atoms with E-state index in [1.807, 2.05) is 6.92 Å². The van der Waals surface area contributed by atoms with Crippen LogP contribution < -0.4 is 9.47 Å². The Morgan fingerprint density at radius 2 is 2.03 bits per heavy atom. The topological polar surface area (TPSA) is 128 Å². The lowest BCUT2D eigenvalue weighted by Crippen LogP contribution is -2.36. The lowest BCUT2D eigenvalue weighted by molar-refractivity contribution is -0.384. The third-order valence-corrected chi connectivity index (χ3v) is 6.10. The molecule has 0 saturated carbocycles. The van der Waals surface area contributed by atoms with Gasteiger partial charge in [0.15, 0.2) is 11.5 Å². The maximum atomic E-state index is 13.2. The van der Waals surface area contributed by atoms with Crippen molar-refractivity contribution >= 4 is 23.1 Å². The van der Waals surface area contributed by atoms with Gasteiger partial charge in [-0.3, -0.25) is 19.7 Å². The fourth-order valence-corrected chi connectivity index (χ4v) is 4.47. The Labute approximate surface area is 201 Å². The molecular weight excluding hydrogens is 456 g/mol. The van der Waals surface area contributed by atoms with Gasteiger partial charge in [-0.05, 0) is 37.5 Å². The van der Waals surface area contributed by atoms with Crippen LogP contribution in [-0.4, -0.2) is 59.6 Å². The molecule has 184 valence electrons. The number of nitro groups is 1. The number of aliphatic hydroxyl groups excluding tert-OH is 1. The summed E-state index contributed by atoms with van der Waals surface area (Å²) >= 11 is 0. The second-order valence-corrected chi connectivity index (χ2v) is 8.24. The molecule has 2 aromatic carbocycles. The van der Waals surface area contributed by atoms with Gasteiger partial charge in [-0.2, -0.15) is 0 Å². The number of non-ortho nitro benzene ring substituents is 1. The predicted octanol–water partition coefficient (Wildman–Crippen LogP) is 3.60. The number of rotatable bonds is 8. The zero-order valence-corrected chi connectivity index (χ0v) is 19.4. The van der Waals surface area contributed by atoms with Gasteiger partial charge in [0.2, 0.25) is 0 Å². The van der Waals surface area contributed by atoms with E-state index in [9.17, 15) is 24.8 Å². The second kappa shape index (κ2) is 10.1. The van der Waals surface area contributed by atoms with Gasteiger partial charge in [0, 0.05) is 30.8 Å². The number of methoxy groups -OCH3 is 1. The molecule has 0 aromatic heterocycles. The quantitative estimate of drug-likeness (QED) is 0.199. The first kappa shape index (κ1) is 24.2. The van der Waals surface area contributed by atoms with Gasteiger partial charge in [-0.15, -0.1) is 0 Å². The van der Waals surface area contributed by atoms with Gasteiger partial charge in [0.25, 0.3) is 17.4 Å². The molecule has 0 radical (unpaired) electrons. The molecule has 4 rings (SSSR count). The Hall–Kier alpha value is -3.92. The van der Waals surface area contributed by atoms with E-state index in [0.717, 1.165) is 12.8 Å². The van der Waals surface area contributed by atoms with E-state index < -0.39 is 28.4 Å². The van der Waals surface area contributed by atoms with Crippen LogP contribution in [0.5, 0.6) is 11.5 Å². The summed E-state index contributed by atoms with van der Waals surface area (Å²) in [5, 5.41) is 22.4. The van der Waals surface area contributed by atoms with Crippen LogP contribution >= 0.6 is 0 Å². The van der Waals surface area contributed by atoms with Crippen LogP contribution in [0.4, 0.5) is 5.69 Å². The second-order valence-electron chi connectivity index (χ2n) is 8.24. The number of hydrogen-bond donors (Lipinski definition) is 1. The number of likely N-dealkylation sites (tertiary alicyclic amines) is 1. The van der Waals surface area contributed by atoms with Crippen LogP contribution in [0.15, 0.2) is 48.0 Å². The largest absolute Gasteiger partial charge is 0.507 e. The highest BCUT2D eigenvalue weighted by atomic mass is 16.6. The van der Waals surface area contributed by atoms with E-state index in [1.165, 1.54) is 36.3 Å². The number of nitro benzene ring substituents is 1. The SMILES string of the molecule is CCOc1ccc(C2/C(=C(\O)c3cccc([N+](=O)[O-])c3)C(=O)C(=O)N2CC2CCCO2)cc1OC. The molecule has 10 nitrogen and oxygen atoms in total. The van der Waals surface area contributed by atoms with Crippen molar-refractivity contribution in [3.8, 4) is 11.5 Å². The van der Waals surface area contributed by atoms with Crippen molar-refractivity contribution in [2.45, 2.75) is 31.9 Å². The maximum Gasteiger partial charge on any atom is 0.295 e. The average Bonchev–Trinajstić information content (AvgIpc) is 3.46. The van der Waals surface area contributed by atoms with E-state index >= 15 is 0 Å². The summed E-state index contributed by atoms with van der Waals surface area (Å²) in [6.45, 7) is 2.99. The molecule has 2 aliphatic rings. The van der Waals surface area contributed by atoms with E-state index in [2.05, 4.69) is 0 Å². The summed E-state index contributed by atoms with van der Waals surface area (Å²) < 4.78 is 16.7. The number of hydrogen-bond acceptors (Lipinski definition) is 8. The molecule has 2 saturated heterocycles. The summed E-state index contributed by atoms with van der Waals surface area (Å²) in [5.41, 5.74) is 0.188. The maximum absolute atomic E-state index is 13.2. The van der Waals surface area contributed by atoms with Crippen LogP contribution in [0.1, 0.15) is 36.9 Å². The normalized spacial score (nSPS) is 21.4. The van der Waals surface area contributed by atoms with Gasteiger partial charge >= 0.3 is 0 Å². The fraction of sp³-hybridized carbons (Fsp3) is 0.360. The molecule has 0 spiro atoms. The van der Waals surface area contributed by atoms with E-state index in [1.54, 1.807) is 18.2 Å². The molecule has 0 bridgehead atoms. The number of carbonyl (C=O) groups excluding carboxylic acids is 2. The molecule has 2 atom stereocenters. The molecule has 2 heterocycles. The number of Topliss-reactive ketones (excluding diaryl/α,β-unsaturated/α-hetero) is 1. The Bertz CT molecular complexity index is 1190. The Morgan fingerprint density at radius 1 is 1.23 bits per heavy atom. The zero-order valence-electron chi connectivity index (χ0n) is 19.4. The van der Waals surface area contributed by atoms with Gasteiger partial charge in [-0.25, -0.2) is 0 Å². The van der Waals surface area contributed by atoms with Crippen LogP contribution in [-0.2, 0) is 14.3 Å². The van der Waals surface area contributed by atoms with Crippen molar-refractivity contribution in [1.82, 2.24) is 4.90 Å². The summed E-state index contributed by atoms with van der Waals surface area (Å²) in [5.74, 6) is -1.23.